The van der Waals surface area contributed by atoms with Crippen molar-refractivity contribution in [2.24, 2.45) is 5.73 Å². The number of carbonyl (C=O) groups excluding carboxylic acids is 3. The molecule has 3 aromatic rings. The summed E-state index contributed by atoms with van der Waals surface area (Å²) in [6.07, 6.45) is 1.38. The molecule has 4 rings (SSSR count). The van der Waals surface area contributed by atoms with E-state index in [0.717, 1.165) is 23.3 Å². The molecule has 0 aromatic heterocycles. The van der Waals surface area contributed by atoms with Crippen molar-refractivity contribution in [1.82, 2.24) is 15.5 Å². The zero-order chi connectivity index (χ0) is 32.5. The molecule has 1 aliphatic rings. The van der Waals surface area contributed by atoms with Crippen LogP contribution in [-0.2, 0) is 33.8 Å². The molecule has 3 aromatic carbocycles. The van der Waals surface area contributed by atoms with E-state index in [0.29, 0.717) is 30.6 Å². The minimum Gasteiger partial charge on any atom is -0.508 e. The van der Waals surface area contributed by atoms with Crippen molar-refractivity contribution < 1.29 is 38.5 Å². The van der Waals surface area contributed by atoms with Gasteiger partial charge in [0.2, 0.25) is 11.8 Å². The highest BCUT2D eigenvalue weighted by molar-refractivity contribution is 5.96. The van der Waals surface area contributed by atoms with Gasteiger partial charge in [-0.2, -0.15) is 0 Å². The lowest BCUT2D eigenvalue weighted by molar-refractivity contribution is -0.142. The number of fused-ring (bicyclic) bond motifs is 1. The van der Waals surface area contributed by atoms with Gasteiger partial charge in [-0.1, -0.05) is 30.3 Å². The Bertz CT molecular complexity index is 1530. The summed E-state index contributed by atoms with van der Waals surface area (Å²) in [6.45, 7) is 0.440. The number of unbranched alkanes of at least 4 members (excludes halogenated alkanes) is 1. The van der Waals surface area contributed by atoms with Gasteiger partial charge in [-0.05, 0) is 66.3 Å². The minimum absolute atomic E-state index is 0.0214. The summed E-state index contributed by atoms with van der Waals surface area (Å²) in [4.78, 5) is 52.6. The van der Waals surface area contributed by atoms with Gasteiger partial charge in [0, 0.05) is 37.6 Å². The highest BCUT2D eigenvalue weighted by Crippen LogP contribution is 2.27. The second-order valence-electron chi connectivity index (χ2n) is 10.9. The number of rotatable bonds is 13. The smallest absolute Gasteiger partial charge is 0.326 e. The van der Waals surface area contributed by atoms with Crippen LogP contribution in [0, 0.1) is 5.82 Å². The number of carbonyl (C=O) groups is 4. The predicted octanol–water partition coefficient (Wildman–Crippen LogP) is 2.53. The number of ether oxygens (including phenoxy) is 1. The van der Waals surface area contributed by atoms with Crippen LogP contribution in [0.2, 0.25) is 0 Å². The number of aromatic hydroxyl groups is 1. The number of amides is 3. The van der Waals surface area contributed by atoms with E-state index < -0.39 is 41.7 Å². The molecule has 1 heterocycles. The molecule has 6 N–H and O–H groups in total. The van der Waals surface area contributed by atoms with Crippen LogP contribution in [-0.4, -0.2) is 70.6 Å². The van der Waals surface area contributed by atoms with E-state index in [2.05, 4.69) is 10.6 Å². The summed E-state index contributed by atoms with van der Waals surface area (Å²) >= 11 is 0. The molecule has 0 bridgehead atoms. The van der Waals surface area contributed by atoms with Gasteiger partial charge in [-0.3, -0.25) is 14.4 Å². The number of carboxylic acids is 1. The maximum atomic E-state index is 13.6. The number of halogens is 1. The summed E-state index contributed by atoms with van der Waals surface area (Å²) in [5, 5.41) is 24.6. The summed E-state index contributed by atoms with van der Waals surface area (Å²) in [7, 11) is 1.46. The Hall–Kier alpha value is -4.97. The molecule has 0 aliphatic carbocycles. The average Bonchev–Trinajstić information content (AvgIpc) is 3.03. The van der Waals surface area contributed by atoms with Gasteiger partial charge in [0.1, 0.15) is 29.4 Å². The lowest BCUT2D eigenvalue weighted by atomic mass is 9.92. The first-order chi connectivity index (χ1) is 21.6. The number of carboxylic acid groups (broad SMARTS) is 1. The maximum absolute atomic E-state index is 13.6. The van der Waals surface area contributed by atoms with Crippen molar-refractivity contribution >= 4 is 23.7 Å². The third-order valence-electron chi connectivity index (χ3n) is 7.79. The second kappa shape index (κ2) is 15.2. The molecule has 238 valence electrons. The van der Waals surface area contributed by atoms with E-state index in [-0.39, 0.29) is 43.2 Å². The van der Waals surface area contributed by atoms with Crippen LogP contribution in [0.1, 0.15) is 46.3 Å². The van der Waals surface area contributed by atoms with Crippen molar-refractivity contribution in [3.63, 3.8) is 0 Å². The summed E-state index contributed by atoms with van der Waals surface area (Å²) in [5.41, 5.74) is 9.02. The Kier molecular flexibility index (Phi) is 11.1. The maximum Gasteiger partial charge on any atom is 0.326 e. The number of phenolic OH excluding ortho intramolecular Hbond substituents is 1. The fourth-order valence-corrected chi connectivity index (χ4v) is 5.33. The van der Waals surface area contributed by atoms with Gasteiger partial charge in [0.15, 0.2) is 0 Å². The third kappa shape index (κ3) is 8.57. The van der Waals surface area contributed by atoms with Gasteiger partial charge in [0.25, 0.3) is 5.91 Å². The highest BCUT2D eigenvalue weighted by atomic mass is 19.1. The number of aliphatic carboxylic acids is 1. The van der Waals surface area contributed by atoms with Crippen LogP contribution in [0.5, 0.6) is 11.5 Å². The molecule has 12 heteroatoms. The minimum atomic E-state index is -1.20. The normalized spacial score (nSPS) is 15.4. The van der Waals surface area contributed by atoms with Crippen LogP contribution < -0.4 is 21.1 Å². The molecule has 1 aliphatic heterocycles. The molecule has 0 fully saturated rings. The van der Waals surface area contributed by atoms with Gasteiger partial charge in [-0.15, -0.1) is 0 Å². The summed E-state index contributed by atoms with van der Waals surface area (Å²) in [6, 6.07) is 14.0. The van der Waals surface area contributed by atoms with Crippen LogP contribution in [0.4, 0.5) is 4.39 Å². The molecule has 3 unspecified atom stereocenters. The second-order valence-corrected chi connectivity index (χ2v) is 10.9. The third-order valence-corrected chi connectivity index (χ3v) is 7.79. The van der Waals surface area contributed by atoms with Crippen molar-refractivity contribution in [3.8, 4) is 11.5 Å². The van der Waals surface area contributed by atoms with Gasteiger partial charge >= 0.3 is 5.97 Å². The first kappa shape index (κ1) is 32.9. The molecular formula is C33H37FN4O7. The first-order valence-electron chi connectivity index (χ1n) is 14.6. The standard InChI is InChI=1S/C33H37FN4O7/c1-45-29-18-25(39)14-11-22(29)16-26(35)32(42)38-19-23-7-3-2-6-21(23)17-28(38)31(41)36-15-5-4-8-27(33(43)44)37-30(40)20-9-12-24(34)13-10-20/h2-3,6-7,9-14,18,26-28,39H,4-5,8,15-17,19,35H2,1H3,(H,36,41)(H,37,40)(H,43,44). The molecule has 45 heavy (non-hydrogen) atoms. The Balaban J connectivity index is 1.35. The van der Waals surface area contributed by atoms with Crippen molar-refractivity contribution in [3.05, 3.63) is 94.8 Å². The molecule has 0 saturated heterocycles. The van der Waals surface area contributed by atoms with Gasteiger partial charge in [-0.25, -0.2) is 9.18 Å². The number of methoxy groups -OCH3 is 1. The van der Waals surface area contributed by atoms with E-state index in [1.807, 2.05) is 24.3 Å². The van der Waals surface area contributed by atoms with E-state index in [1.54, 1.807) is 6.07 Å². The topological polar surface area (TPSA) is 171 Å². The number of phenols is 1. The SMILES string of the molecule is COc1cc(O)ccc1CC(N)C(=O)N1Cc2ccccc2CC1C(=O)NCCCCC(NC(=O)c1ccc(F)cc1)C(=O)O. The lowest BCUT2D eigenvalue weighted by Crippen LogP contribution is -2.56. The Morgan fingerprint density at radius 2 is 1.76 bits per heavy atom. The summed E-state index contributed by atoms with van der Waals surface area (Å²) < 4.78 is 18.5. The van der Waals surface area contributed by atoms with Crippen molar-refractivity contribution in [1.29, 1.82) is 0 Å². The Morgan fingerprint density at radius 3 is 2.44 bits per heavy atom. The Labute approximate surface area is 260 Å². The van der Waals surface area contributed by atoms with Crippen LogP contribution in [0.3, 0.4) is 0 Å². The Morgan fingerprint density at radius 1 is 1.04 bits per heavy atom. The molecular weight excluding hydrogens is 583 g/mol. The lowest BCUT2D eigenvalue weighted by Gasteiger charge is -2.37. The van der Waals surface area contributed by atoms with E-state index >= 15 is 0 Å². The van der Waals surface area contributed by atoms with Gasteiger partial charge in [0.05, 0.1) is 13.2 Å². The van der Waals surface area contributed by atoms with E-state index in [1.165, 1.54) is 36.3 Å². The predicted molar refractivity (Wildman–Crippen MR) is 163 cm³/mol. The average molecular weight is 621 g/mol. The fraction of sp³-hybridized carbons (Fsp3) is 0.333. The molecule has 0 radical (unpaired) electrons. The number of nitrogens with zero attached hydrogens (tertiary/aromatic N) is 1. The van der Waals surface area contributed by atoms with Crippen LogP contribution in [0.15, 0.2) is 66.7 Å². The van der Waals surface area contributed by atoms with Crippen LogP contribution >= 0.6 is 0 Å². The molecule has 3 atom stereocenters. The zero-order valence-corrected chi connectivity index (χ0v) is 24.9. The zero-order valence-electron chi connectivity index (χ0n) is 24.9. The van der Waals surface area contributed by atoms with E-state index in [9.17, 15) is 33.8 Å². The highest BCUT2D eigenvalue weighted by Gasteiger charge is 2.36. The number of benzene rings is 3. The largest absolute Gasteiger partial charge is 0.508 e. The van der Waals surface area contributed by atoms with E-state index in [4.69, 9.17) is 10.5 Å². The van der Waals surface area contributed by atoms with Crippen molar-refractivity contribution in [2.75, 3.05) is 13.7 Å². The van der Waals surface area contributed by atoms with Crippen molar-refractivity contribution in [2.45, 2.75) is 56.8 Å². The number of nitrogens with two attached hydrogens (primary N) is 1. The molecule has 0 spiro atoms. The molecule has 11 nitrogen and oxygen atoms in total. The van der Waals surface area contributed by atoms with Crippen LogP contribution in [0.25, 0.3) is 0 Å². The molecule has 0 saturated carbocycles. The number of hydrogen-bond donors (Lipinski definition) is 5. The van der Waals surface area contributed by atoms with Gasteiger partial charge < -0.3 is 36.2 Å². The quantitative estimate of drug-likeness (QED) is 0.182. The monoisotopic (exact) mass is 620 g/mol. The first-order valence-corrected chi connectivity index (χ1v) is 14.6. The number of hydrogen-bond acceptors (Lipinski definition) is 7. The summed E-state index contributed by atoms with van der Waals surface area (Å²) in [5.74, 6) is -2.67. The fourth-order valence-electron chi connectivity index (χ4n) is 5.33. The molecule has 3 amide bonds. The number of nitrogens with one attached hydrogen (secondary N) is 2.